The number of nitrogens with one attached hydrogen (secondary N) is 1. The van der Waals surface area contributed by atoms with Gasteiger partial charge in [-0.05, 0) is 38.6 Å². The molecule has 1 atom stereocenters. The number of allylic oxidation sites excluding steroid dienone is 1. The minimum atomic E-state index is 0.641. The smallest absolute Gasteiger partial charge is 0.00416 e. The number of hydrogen-bond acceptors (Lipinski definition) is 1. The van der Waals surface area contributed by atoms with Crippen molar-refractivity contribution < 1.29 is 0 Å². The van der Waals surface area contributed by atoms with E-state index in [4.69, 9.17) is 0 Å². The highest BCUT2D eigenvalue weighted by atomic mass is 14.9. The molecule has 0 radical (unpaired) electrons. The topological polar surface area (TPSA) is 12.0 Å². The van der Waals surface area contributed by atoms with Crippen LogP contribution in [0.2, 0.25) is 0 Å². The summed E-state index contributed by atoms with van der Waals surface area (Å²) < 4.78 is 0. The van der Waals surface area contributed by atoms with Crippen LogP contribution >= 0.6 is 0 Å². The van der Waals surface area contributed by atoms with Crippen molar-refractivity contribution in [2.24, 2.45) is 5.92 Å². The molecule has 1 unspecified atom stereocenters. The summed E-state index contributed by atoms with van der Waals surface area (Å²) in [4.78, 5) is 0. The van der Waals surface area contributed by atoms with Gasteiger partial charge in [0.15, 0.2) is 0 Å². The van der Waals surface area contributed by atoms with Gasteiger partial charge in [0.2, 0.25) is 0 Å². The third-order valence-corrected chi connectivity index (χ3v) is 2.02. The standard InChI is InChI=1S/C11H23N/c1-5-6-7-11(4)12-9-8-10(2)3/h5,10-12H,1,6-9H2,2-4H3. The number of hydrogen-bond donors (Lipinski definition) is 1. The molecule has 1 N–H and O–H groups in total. The summed E-state index contributed by atoms with van der Waals surface area (Å²) in [6.45, 7) is 11.6. The Morgan fingerprint density at radius 2 is 1.92 bits per heavy atom. The highest BCUT2D eigenvalue weighted by Gasteiger charge is 1.99. The Hall–Kier alpha value is -0.300. The first-order valence-electron chi connectivity index (χ1n) is 5.01. The van der Waals surface area contributed by atoms with Crippen LogP contribution in [0.25, 0.3) is 0 Å². The van der Waals surface area contributed by atoms with Crippen LogP contribution in [0.3, 0.4) is 0 Å². The van der Waals surface area contributed by atoms with E-state index in [2.05, 4.69) is 32.7 Å². The van der Waals surface area contributed by atoms with E-state index in [1.165, 1.54) is 12.8 Å². The second kappa shape index (κ2) is 7.35. The second-order valence-corrected chi connectivity index (χ2v) is 3.90. The summed E-state index contributed by atoms with van der Waals surface area (Å²) in [5.74, 6) is 0.809. The summed E-state index contributed by atoms with van der Waals surface area (Å²) in [5.41, 5.74) is 0. The monoisotopic (exact) mass is 169 g/mol. The molecule has 72 valence electrons. The SMILES string of the molecule is C=CCCC(C)NCCC(C)C. The molecular formula is C11H23N. The van der Waals surface area contributed by atoms with E-state index in [-0.39, 0.29) is 0 Å². The Morgan fingerprint density at radius 3 is 2.42 bits per heavy atom. The minimum Gasteiger partial charge on any atom is -0.314 e. The first-order valence-corrected chi connectivity index (χ1v) is 5.01. The highest BCUT2D eigenvalue weighted by Crippen LogP contribution is 2.00. The van der Waals surface area contributed by atoms with Crippen LogP contribution in [0.5, 0.6) is 0 Å². The van der Waals surface area contributed by atoms with Crippen molar-refractivity contribution in [3.8, 4) is 0 Å². The molecule has 0 bridgehead atoms. The van der Waals surface area contributed by atoms with E-state index in [1.807, 2.05) is 6.08 Å². The Bertz CT molecular complexity index is 108. The number of rotatable bonds is 7. The first-order chi connectivity index (χ1) is 5.66. The van der Waals surface area contributed by atoms with Crippen LogP contribution in [0.15, 0.2) is 12.7 Å². The van der Waals surface area contributed by atoms with E-state index in [0.29, 0.717) is 6.04 Å². The van der Waals surface area contributed by atoms with Gasteiger partial charge in [0.1, 0.15) is 0 Å². The fourth-order valence-electron chi connectivity index (χ4n) is 1.09. The summed E-state index contributed by atoms with van der Waals surface area (Å²) >= 11 is 0. The average molecular weight is 169 g/mol. The molecule has 0 aliphatic carbocycles. The van der Waals surface area contributed by atoms with E-state index >= 15 is 0 Å². The van der Waals surface area contributed by atoms with E-state index in [9.17, 15) is 0 Å². The Labute approximate surface area is 77.2 Å². The molecule has 0 heterocycles. The van der Waals surface area contributed by atoms with Gasteiger partial charge in [0, 0.05) is 6.04 Å². The van der Waals surface area contributed by atoms with Gasteiger partial charge < -0.3 is 5.32 Å². The lowest BCUT2D eigenvalue weighted by Crippen LogP contribution is -2.27. The molecule has 0 aliphatic heterocycles. The highest BCUT2D eigenvalue weighted by molar-refractivity contribution is 4.70. The summed E-state index contributed by atoms with van der Waals surface area (Å²) in [5, 5.41) is 3.50. The molecule has 0 aliphatic rings. The molecule has 0 rings (SSSR count). The molecular weight excluding hydrogens is 146 g/mol. The maximum Gasteiger partial charge on any atom is 0.00416 e. The minimum absolute atomic E-state index is 0.641. The average Bonchev–Trinajstić information content (AvgIpc) is 2.00. The van der Waals surface area contributed by atoms with Gasteiger partial charge in [-0.2, -0.15) is 0 Å². The third kappa shape index (κ3) is 7.80. The largest absolute Gasteiger partial charge is 0.314 e. The van der Waals surface area contributed by atoms with Crippen LogP contribution in [-0.2, 0) is 0 Å². The van der Waals surface area contributed by atoms with Gasteiger partial charge in [-0.3, -0.25) is 0 Å². The predicted molar refractivity (Wildman–Crippen MR) is 56.4 cm³/mol. The Morgan fingerprint density at radius 1 is 1.25 bits per heavy atom. The Kier molecular flexibility index (Phi) is 7.17. The van der Waals surface area contributed by atoms with Crippen LogP contribution in [0, 0.1) is 5.92 Å². The van der Waals surface area contributed by atoms with E-state index in [0.717, 1.165) is 18.9 Å². The van der Waals surface area contributed by atoms with Gasteiger partial charge in [-0.1, -0.05) is 19.9 Å². The van der Waals surface area contributed by atoms with Gasteiger partial charge in [-0.25, -0.2) is 0 Å². The molecule has 1 heteroatoms. The lowest BCUT2D eigenvalue weighted by molar-refractivity contribution is 0.471. The maximum atomic E-state index is 3.71. The summed E-state index contributed by atoms with van der Waals surface area (Å²) in [7, 11) is 0. The predicted octanol–water partition coefficient (Wildman–Crippen LogP) is 2.98. The second-order valence-electron chi connectivity index (χ2n) is 3.90. The van der Waals surface area contributed by atoms with Gasteiger partial charge in [0.25, 0.3) is 0 Å². The van der Waals surface area contributed by atoms with E-state index in [1.54, 1.807) is 0 Å². The molecule has 0 amide bonds. The van der Waals surface area contributed by atoms with Crippen molar-refractivity contribution in [1.82, 2.24) is 5.32 Å². The zero-order chi connectivity index (χ0) is 9.40. The van der Waals surface area contributed by atoms with Crippen molar-refractivity contribution in [1.29, 1.82) is 0 Å². The molecule has 0 saturated heterocycles. The zero-order valence-electron chi connectivity index (χ0n) is 8.77. The quantitative estimate of drug-likeness (QED) is 0.578. The van der Waals surface area contributed by atoms with Crippen molar-refractivity contribution in [2.75, 3.05) is 6.54 Å². The molecule has 0 fully saturated rings. The molecule has 0 saturated carbocycles. The van der Waals surface area contributed by atoms with E-state index < -0.39 is 0 Å². The van der Waals surface area contributed by atoms with Crippen LogP contribution in [0.4, 0.5) is 0 Å². The molecule has 0 aromatic rings. The van der Waals surface area contributed by atoms with Crippen molar-refractivity contribution in [3.63, 3.8) is 0 Å². The normalized spacial score (nSPS) is 13.3. The van der Waals surface area contributed by atoms with Gasteiger partial charge in [-0.15, -0.1) is 6.58 Å². The van der Waals surface area contributed by atoms with Gasteiger partial charge >= 0.3 is 0 Å². The van der Waals surface area contributed by atoms with Crippen LogP contribution in [0.1, 0.15) is 40.0 Å². The molecule has 0 aromatic heterocycles. The summed E-state index contributed by atoms with van der Waals surface area (Å²) in [6, 6.07) is 0.641. The van der Waals surface area contributed by atoms with Crippen molar-refractivity contribution in [2.45, 2.75) is 46.1 Å². The maximum absolute atomic E-state index is 3.71. The fraction of sp³-hybridized carbons (Fsp3) is 0.818. The fourth-order valence-corrected chi connectivity index (χ4v) is 1.09. The summed E-state index contributed by atoms with van der Waals surface area (Å²) in [6.07, 6.45) is 5.59. The lowest BCUT2D eigenvalue weighted by atomic mass is 10.1. The van der Waals surface area contributed by atoms with Crippen LogP contribution in [-0.4, -0.2) is 12.6 Å². The van der Waals surface area contributed by atoms with Gasteiger partial charge in [0.05, 0.1) is 0 Å². The molecule has 12 heavy (non-hydrogen) atoms. The lowest BCUT2D eigenvalue weighted by Gasteiger charge is -2.13. The molecule has 0 aromatic carbocycles. The van der Waals surface area contributed by atoms with Crippen molar-refractivity contribution >= 4 is 0 Å². The zero-order valence-corrected chi connectivity index (χ0v) is 8.77. The molecule has 0 spiro atoms. The molecule has 1 nitrogen and oxygen atoms in total. The van der Waals surface area contributed by atoms with Crippen LogP contribution < -0.4 is 5.32 Å². The Balaban J connectivity index is 3.18. The third-order valence-electron chi connectivity index (χ3n) is 2.02. The first kappa shape index (κ1) is 11.7. The van der Waals surface area contributed by atoms with Crippen molar-refractivity contribution in [3.05, 3.63) is 12.7 Å².